The van der Waals surface area contributed by atoms with E-state index in [0.29, 0.717) is 17.5 Å². The van der Waals surface area contributed by atoms with Crippen molar-refractivity contribution >= 4 is 5.91 Å². The minimum atomic E-state index is -0.386. The van der Waals surface area contributed by atoms with Gasteiger partial charge in [0.05, 0.1) is 22.8 Å². The third-order valence-corrected chi connectivity index (χ3v) is 3.92. The van der Waals surface area contributed by atoms with Crippen LogP contribution in [-0.4, -0.2) is 34.7 Å². The van der Waals surface area contributed by atoms with Gasteiger partial charge >= 0.3 is 0 Å². The van der Waals surface area contributed by atoms with Crippen molar-refractivity contribution in [3.8, 4) is 30.4 Å². The number of aromatic hydroxyl groups is 1. The second kappa shape index (κ2) is 5.16. The first-order valence-electron chi connectivity index (χ1n) is 6.64. The predicted molar refractivity (Wildman–Crippen MR) is 81.5 cm³/mol. The van der Waals surface area contributed by atoms with E-state index in [0.717, 1.165) is 5.56 Å². The topological polar surface area (TPSA) is 52.6 Å². The van der Waals surface area contributed by atoms with Gasteiger partial charge in [0.25, 0.3) is 0 Å². The Morgan fingerprint density at radius 3 is 2.24 bits per heavy atom. The fourth-order valence-electron chi connectivity index (χ4n) is 2.50. The molecule has 1 heterocycles. The van der Waals surface area contributed by atoms with E-state index in [9.17, 15) is 9.90 Å². The molecule has 1 aromatic carbocycles. The first-order valence-corrected chi connectivity index (χ1v) is 6.64. The van der Waals surface area contributed by atoms with Crippen LogP contribution in [-0.2, 0) is 11.2 Å². The largest absolute Gasteiger partial charge is 0.505 e. The van der Waals surface area contributed by atoms with Crippen molar-refractivity contribution < 1.29 is 9.90 Å². The molecule has 1 aliphatic rings. The number of rotatable bonds is 2. The van der Waals surface area contributed by atoms with Crippen LogP contribution >= 0.6 is 0 Å². The summed E-state index contributed by atoms with van der Waals surface area (Å²) in [5.74, 6) is 4.78. The first-order chi connectivity index (χ1) is 9.80. The lowest BCUT2D eigenvalue weighted by atomic mass is 9.99. The van der Waals surface area contributed by atoms with Crippen LogP contribution in [0.15, 0.2) is 12.1 Å². The van der Waals surface area contributed by atoms with Gasteiger partial charge in [0.2, 0.25) is 5.91 Å². The average molecular weight is 282 g/mol. The summed E-state index contributed by atoms with van der Waals surface area (Å²) in [6, 6.07) is 3.05. The number of nitrogens with one attached hydrogen (secondary N) is 1. The zero-order valence-corrected chi connectivity index (χ0v) is 12.4. The molecular formula is C17H18N2O2. The summed E-state index contributed by atoms with van der Waals surface area (Å²) < 4.78 is 0. The number of benzene rings is 1. The molecule has 0 aromatic heterocycles. The molecular weight excluding hydrogens is 264 g/mol. The van der Waals surface area contributed by atoms with Crippen LogP contribution in [0.2, 0.25) is 0 Å². The van der Waals surface area contributed by atoms with Crippen LogP contribution in [0.5, 0.6) is 5.75 Å². The SMILES string of the molecule is C#Cc1cc(C[C@@H]2NC(C)(C)N(C)C2=O)cc(C#C)c1O. The Kier molecular flexibility index (Phi) is 3.68. The molecule has 4 nitrogen and oxygen atoms in total. The maximum atomic E-state index is 12.2. The lowest BCUT2D eigenvalue weighted by Crippen LogP contribution is -2.45. The molecule has 2 rings (SSSR count). The quantitative estimate of drug-likeness (QED) is 0.798. The van der Waals surface area contributed by atoms with Crippen LogP contribution in [0.25, 0.3) is 0 Å². The van der Waals surface area contributed by atoms with Crippen molar-refractivity contribution in [2.75, 3.05) is 7.05 Å². The smallest absolute Gasteiger partial charge is 0.241 e. The van der Waals surface area contributed by atoms with E-state index >= 15 is 0 Å². The second-order valence-corrected chi connectivity index (χ2v) is 5.69. The zero-order chi connectivity index (χ0) is 15.8. The van der Waals surface area contributed by atoms with Crippen LogP contribution in [0.1, 0.15) is 30.5 Å². The van der Waals surface area contributed by atoms with Gasteiger partial charge in [-0.1, -0.05) is 11.8 Å². The molecule has 1 amide bonds. The van der Waals surface area contributed by atoms with Crippen molar-refractivity contribution in [1.82, 2.24) is 10.2 Å². The van der Waals surface area contributed by atoms with E-state index in [1.54, 1.807) is 24.1 Å². The summed E-state index contributed by atoms with van der Waals surface area (Å²) in [5.41, 5.74) is 1.13. The van der Waals surface area contributed by atoms with Gasteiger partial charge in [-0.05, 0) is 38.0 Å². The minimum absolute atomic E-state index is 0.0255. The number of phenolic OH excluding ortho intramolecular Hbond substituents is 1. The summed E-state index contributed by atoms with van der Waals surface area (Å²) >= 11 is 0. The molecule has 1 aliphatic heterocycles. The van der Waals surface area contributed by atoms with Crippen molar-refractivity contribution in [3.05, 3.63) is 28.8 Å². The number of hydrogen-bond acceptors (Lipinski definition) is 3. The van der Waals surface area contributed by atoms with Gasteiger partial charge in [-0.25, -0.2) is 0 Å². The number of carbonyl (C=O) groups excluding carboxylic acids is 1. The van der Waals surface area contributed by atoms with Crippen LogP contribution in [0.3, 0.4) is 0 Å². The highest BCUT2D eigenvalue weighted by Crippen LogP contribution is 2.26. The minimum Gasteiger partial charge on any atom is -0.505 e. The molecule has 0 saturated carbocycles. The number of terminal acetylenes is 2. The monoisotopic (exact) mass is 282 g/mol. The molecule has 0 aliphatic carbocycles. The highest BCUT2D eigenvalue weighted by Gasteiger charge is 2.41. The van der Waals surface area contributed by atoms with E-state index in [1.807, 2.05) is 13.8 Å². The molecule has 1 aromatic rings. The van der Waals surface area contributed by atoms with E-state index in [-0.39, 0.29) is 23.4 Å². The molecule has 0 bridgehead atoms. The molecule has 0 spiro atoms. The lowest BCUT2D eigenvalue weighted by Gasteiger charge is -2.27. The van der Waals surface area contributed by atoms with Crippen LogP contribution in [0, 0.1) is 24.7 Å². The van der Waals surface area contributed by atoms with Gasteiger partial charge in [0.1, 0.15) is 5.75 Å². The maximum absolute atomic E-state index is 12.2. The Morgan fingerprint density at radius 2 is 1.86 bits per heavy atom. The number of phenols is 1. The van der Waals surface area contributed by atoms with E-state index in [1.165, 1.54) is 0 Å². The Hall–Kier alpha value is -2.43. The number of carbonyl (C=O) groups is 1. The third kappa shape index (κ3) is 2.59. The average Bonchev–Trinajstić information content (AvgIpc) is 2.63. The van der Waals surface area contributed by atoms with Crippen molar-refractivity contribution in [3.63, 3.8) is 0 Å². The summed E-state index contributed by atoms with van der Waals surface area (Å²) in [5, 5.41) is 13.2. The molecule has 0 radical (unpaired) electrons. The van der Waals surface area contributed by atoms with Crippen molar-refractivity contribution in [2.45, 2.75) is 32.0 Å². The Morgan fingerprint density at radius 1 is 1.33 bits per heavy atom. The molecule has 1 saturated heterocycles. The van der Waals surface area contributed by atoms with Crippen molar-refractivity contribution in [1.29, 1.82) is 0 Å². The Labute approximate surface area is 125 Å². The number of nitrogens with zero attached hydrogens (tertiary/aromatic N) is 1. The van der Waals surface area contributed by atoms with Gasteiger partial charge in [-0.2, -0.15) is 0 Å². The Balaban J connectivity index is 2.32. The summed E-state index contributed by atoms with van der Waals surface area (Å²) in [4.78, 5) is 13.9. The third-order valence-electron chi connectivity index (χ3n) is 3.92. The van der Waals surface area contributed by atoms with E-state index < -0.39 is 0 Å². The van der Waals surface area contributed by atoms with Gasteiger partial charge < -0.3 is 10.0 Å². The van der Waals surface area contributed by atoms with Gasteiger partial charge in [-0.15, -0.1) is 12.8 Å². The van der Waals surface area contributed by atoms with Crippen LogP contribution in [0.4, 0.5) is 0 Å². The molecule has 1 fully saturated rings. The highest BCUT2D eigenvalue weighted by molar-refractivity contribution is 5.85. The molecule has 1 atom stereocenters. The fourth-order valence-corrected chi connectivity index (χ4v) is 2.50. The van der Waals surface area contributed by atoms with Crippen molar-refractivity contribution in [2.24, 2.45) is 0 Å². The summed E-state index contributed by atoms with van der Waals surface area (Å²) in [6.07, 6.45) is 11.2. The lowest BCUT2D eigenvalue weighted by molar-refractivity contribution is -0.129. The summed E-state index contributed by atoms with van der Waals surface area (Å²) in [6.45, 7) is 3.89. The fraction of sp³-hybridized carbons (Fsp3) is 0.353. The summed E-state index contributed by atoms with van der Waals surface area (Å²) in [7, 11) is 1.77. The molecule has 2 N–H and O–H groups in total. The van der Waals surface area contributed by atoms with E-state index in [2.05, 4.69) is 17.2 Å². The second-order valence-electron chi connectivity index (χ2n) is 5.69. The van der Waals surface area contributed by atoms with Gasteiger partial charge in [0, 0.05) is 7.05 Å². The standard InChI is InChI=1S/C17H18N2O2/c1-6-12-8-11(9-13(7-2)15(12)20)10-14-16(21)19(5)17(3,4)18-14/h1-2,8-9,14,18,20H,10H2,3-5H3/t14-/m0/s1. The van der Waals surface area contributed by atoms with Gasteiger partial charge in [0.15, 0.2) is 0 Å². The predicted octanol–water partition coefficient (Wildman–Crippen LogP) is 1.06. The number of hydrogen-bond donors (Lipinski definition) is 2. The molecule has 4 heteroatoms. The molecule has 0 unspecified atom stereocenters. The molecule has 108 valence electrons. The zero-order valence-electron chi connectivity index (χ0n) is 12.4. The van der Waals surface area contributed by atoms with Gasteiger partial charge in [-0.3, -0.25) is 10.1 Å². The van der Waals surface area contributed by atoms with E-state index in [4.69, 9.17) is 12.8 Å². The normalized spacial score (nSPS) is 20.1. The first kappa shape index (κ1) is 15.0. The molecule has 21 heavy (non-hydrogen) atoms. The number of likely N-dealkylation sites (N-methyl/N-ethyl adjacent to an activating group) is 1. The van der Waals surface area contributed by atoms with Crippen LogP contribution < -0.4 is 5.32 Å². The number of amides is 1. The highest BCUT2D eigenvalue weighted by atomic mass is 16.3. The Bertz CT molecular complexity index is 642. The maximum Gasteiger partial charge on any atom is 0.241 e.